The largest absolute Gasteiger partial charge is 0.508 e. The van der Waals surface area contributed by atoms with Gasteiger partial charge in [0.15, 0.2) is 5.60 Å². The molecule has 0 saturated heterocycles. The van der Waals surface area contributed by atoms with Gasteiger partial charge in [-0.1, -0.05) is 19.1 Å². The maximum atomic E-state index is 13.2. The van der Waals surface area contributed by atoms with Gasteiger partial charge in [-0.25, -0.2) is 0 Å². The molecule has 0 aliphatic heterocycles. The van der Waals surface area contributed by atoms with Gasteiger partial charge in [-0.15, -0.1) is 0 Å². The molecule has 0 saturated carbocycles. The highest BCUT2D eigenvalue weighted by Crippen LogP contribution is 2.44. The number of phenols is 1. The zero-order chi connectivity index (χ0) is 11.7. The van der Waals surface area contributed by atoms with Crippen molar-refractivity contribution in [3.63, 3.8) is 0 Å². The molecule has 0 heterocycles. The predicted molar refractivity (Wildman–Crippen MR) is 56.2 cm³/mol. The molecule has 0 fully saturated rings. The number of phenolic OH excluding ortho intramolecular Hbond substituents is 1. The lowest BCUT2D eigenvalue weighted by Gasteiger charge is -2.31. The van der Waals surface area contributed by atoms with E-state index in [1.165, 1.54) is 31.2 Å². The first-order valence-electron chi connectivity index (χ1n) is 4.40. The summed E-state index contributed by atoms with van der Waals surface area (Å²) in [4.78, 5) is -3.41. The molecule has 1 aromatic carbocycles. The van der Waals surface area contributed by atoms with E-state index in [4.69, 9.17) is 5.11 Å². The summed E-state index contributed by atoms with van der Waals surface area (Å²) in [5.41, 5.74) is -2.20. The van der Waals surface area contributed by atoms with Crippen LogP contribution in [0, 0.1) is 0 Å². The van der Waals surface area contributed by atoms with Crippen molar-refractivity contribution in [1.29, 1.82) is 0 Å². The van der Waals surface area contributed by atoms with Crippen LogP contribution in [-0.4, -0.2) is 15.0 Å². The SMILES string of the molecule is CCC(O)(c1ccc(O)cc1)C(F)(F)Br. The van der Waals surface area contributed by atoms with E-state index in [0.717, 1.165) is 0 Å². The molecular formula is C10H11BrF2O2. The molecule has 0 aromatic heterocycles. The smallest absolute Gasteiger partial charge is 0.333 e. The van der Waals surface area contributed by atoms with Crippen LogP contribution < -0.4 is 0 Å². The maximum Gasteiger partial charge on any atom is 0.333 e. The van der Waals surface area contributed by atoms with Crippen molar-refractivity contribution in [2.45, 2.75) is 23.8 Å². The van der Waals surface area contributed by atoms with Gasteiger partial charge in [0.25, 0.3) is 0 Å². The van der Waals surface area contributed by atoms with E-state index in [0.29, 0.717) is 0 Å². The Labute approximate surface area is 94.7 Å². The molecule has 15 heavy (non-hydrogen) atoms. The third-order valence-electron chi connectivity index (χ3n) is 2.33. The zero-order valence-electron chi connectivity index (χ0n) is 8.04. The molecule has 0 aliphatic carbocycles. The van der Waals surface area contributed by atoms with Crippen LogP contribution in [0.15, 0.2) is 24.3 Å². The van der Waals surface area contributed by atoms with Gasteiger partial charge in [0, 0.05) is 0 Å². The summed E-state index contributed by atoms with van der Waals surface area (Å²) >= 11 is 2.17. The second-order valence-corrected chi connectivity index (χ2v) is 4.25. The van der Waals surface area contributed by atoms with Crippen LogP contribution in [0.25, 0.3) is 0 Å². The van der Waals surface area contributed by atoms with Crippen molar-refractivity contribution in [1.82, 2.24) is 0 Å². The third kappa shape index (κ3) is 2.29. The van der Waals surface area contributed by atoms with E-state index in [-0.39, 0.29) is 17.7 Å². The van der Waals surface area contributed by atoms with Crippen LogP contribution in [-0.2, 0) is 5.60 Å². The van der Waals surface area contributed by atoms with E-state index in [1.54, 1.807) is 0 Å². The standard InChI is InChI=1S/C10H11BrF2O2/c1-2-9(15,10(11,12)13)7-3-5-8(14)6-4-7/h3-6,14-15H,2H2,1H3. The van der Waals surface area contributed by atoms with Gasteiger partial charge >= 0.3 is 4.83 Å². The molecule has 0 aliphatic rings. The zero-order valence-corrected chi connectivity index (χ0v) is 9.63. The minimum Gasteiger partial charge on any atom is -0.508 e. The van der Waals surface area contributed by atoms with Gasteiger partial charge in [-0.2, -0.15) is 8.78 Å². The number of hydrogen-bond donors (Lipinski definition) is 2. The second-order valence-electron chi connectivity index (χ2n) is 3.26. The van der Waals surface area contributed by atoms with E-state index in [9.17, 15) is 13.9 Å². The molecule has 1 unspecified atom stereocenters. The van der Waals surface area contributed by atoms with Crippen LogP contribution in [0.5, 0.6) is 5.75 Å². The van der Waals surface area contributed by atoms with Crippen molar-refractivity contribution in [3.05, 3.63) is 29.8 Å². The lowest BCUT2D eigenvalue weighted by atomic mass is 9.91. The summed E-state index contributed by atoms with van der Waals surface area (Å²) < 4.78 is 26.3. The lowest BCUT2D eigenvalue weighted by molar-refractivity contribution is -0.124. The molecule has 2 N–H and O–H groups in total. The second kappa shape index (κ2) is 4.06. The minimum absolute atomic E-state index is 0.0323. The molecule has 2 nitrogen and oxygen atoms in total. The topological polar surface area (TPSA) is 40.5 Å². The fourth-order valence-electron chi connectivity index (χ4n) is 1.31. The fraction of sp³-hybridized carbons (Fsp3) is 0.400. The number of benzene rings is 1. The number of alkyl halides is 3. The highest BCUT2D eigenvalue weighted by molar-refractivity contribution is 9.10. The Bertz CT molecular complexity index is 334. The summed E-state index contributed by atoms with van der Waals surface area (Å²) in [5.74, 6) is -0.0323. The highest BCUT2D eigenvalue weighted by Gasteiger charge is 2.50. The van der Waals surface area contributed by atoms with Crippen LogP contribution >= 0.6 is 15.9 Å². The van der Waals surface area contributed by atoms with Crippen LogP contribution in [0.4, 0.5) is 8.78 Å². The van der Waals surface area contributed by atoms with Crippen LogP contribution in [0.3, 0.4) is 0 Å². The van der Waals surface area contributed by atoms with Crippen molar-refractivity contribution in [2.24, 2.45) is 0 Å². The molecule has 0 spiro atoms. The number of hydrogen-bond acceptors (Lipinski definition) is 2. The molecule has 0 bridgehead atoms. The maximum absolute atomic E-state index is 13.2. The average Bonchev–Trinajstić information content (AvgIpc) is 2.16. The Morgan fingerprint density at radius 1 is 1.27 bits per heavy atom. The summed E-state index contributed by atoms with van der Waals surface area (Å²) in [7, 11) is 0. The van der Waals surface area contributed by atoms with E-state index in [2.05, 4.69) is 15.9 Å². The van der Waals surface area contributed by atoms with E-state index < -0.39 is 10.4 Å². The van der Waals surface area contributed by atoms with Gasteiger partial charge in [0.05, 0.1) is 0 Å². The Morgan fingerprint density at radius 2 is 1.73 bits per heavy atom. The average molecular weight is 281 g/mol. The van der Waals surface area contributed by atoms with Gasteiger partial charge in [0.1, 0.15) is 5.75 Å². The summed E-state index contributed by atoms with van der Waals surface area (Å²) in [5, 5.41) is 18.9. The van der Waals surface area contributed by atoms with Crippen molar-refractivity contribution in [2.75, 3.05) is 0 Å². The molecule has 1 rings (SSSR count). The quantitative estimate of drug-likeness (QED) is 0.836. The van der Waals surface area contributed by atoms with E-state index >= 15 is 0 Å². The Balaban J connectivity index is 3.18. The first-order valence-corrected chi connectivity index (χ1v) is 5.19. The van der Waals surface area contributed by atoms with Gasteiger partial charge in [-0.3, -0.25) is 0 Å². The Hall–Kier alpha value is -0.680. The van der Waals surface area contributed by atoms with E-state index in [1.807, 2.05) is 0 Å². The Kier molecular flexibility index (Phi) is 3.35. The van der Waals surface area contributed by atoms with Crippen molar-refractivity contribution >= 4 is 15.9 Å². The lowest BCUT2D eigenvalue weighted by Crippen LogP contribution is -2.40. The van der Waals surface area contributed by atoms with Crippen LogP contribution in [0.2, 0.25) is 0 Å². The molecular weight excluding hydrogens is 270 g/mol. The summed E-state index contributed by atoms with van der Waals surface area (Å²) in [6.45, 7) is 1.46. The molecule has 0 amide bonds. The molecule has 5 heteroatoms. The number of aliphatic hydroxyl groups is 1. The third-order valence-corrected chi connectivity index (χ3v) is 2.98. The minimum atomic E-state index is -3.41. The first-order chi connectivity index (χ1) is 6.81. The molecule has 84 valence electrons. The summed E-state index contributed by atoms with van der Waals surface area (Å²) in [6.07, 6.45) is -0.143. The number of rotatable bonds is 3. The number of aromatic hydroxyl groups is 1. The van der Waals surface area contributed by atoms with Crippen molar-refractivity contribution < 1.29 is 19.0 Å². The van der Waals surface area contributed by atoms with Crippen LogP contribution in [0.1, 0.15) is 18.9 Å². The van der Waals surface area contributed by atoms with Crippen molar-refractivity contribution in [3.8, 4) is 5.75 Å². The highest BCUT2D eigenvalue weighted by atomic mass is 79.9. The number of halogens is 3. The molecule has 1 atom stereocenters. The van der Waals surface area contributed by atoms with Gasteiger partial charge in [0.2, 0.25) is 0 Å². The normalized spacial score (nSPS) is 16.1. The predicted octanol–water partition coefficient (Wildman–Crippen LogP) is 2.98. The summed E-state index contributed by atoms with van der Waals surface area (Å²) in [6, 6.07) is 5.06. The molecule has 1 aromatic rings. The Morgan fingerprint density at radius 3 is 2.07 bits per heavy atom. The van der Waals surface area contributed by atoms with Gasteiger partial charge in [-0.05, 0) is 40.0 Å². The van der Waals surface area contributed by atoms with Gasteiger partial charge < -0.3 is 10.2 Å². The fourth-order valence-corrected chi connectivity index (χ4v) is 1.81. The first kappa shape index (κ1) is 12.4. The molecule has 0 radical (unpaired) electrons. The monoisotopic (exact) mass is 280 g/mol.